The van der Waals surface area contributed by atoms with Crippen molar-refractivity contribution in [3.8, 4) is 55.0 Å². The zero-order valence-corrected chi connectivity index (χ0v) is 51.0. The molecule has 0 aliphatic rings. The fourth-order valence-electron chi connectivity index (χ4n) is 9.05. The highest BCUT2D eigenvalue weighted by Crippen LogP contribution is 2.39. The number of aryl methyl sites for hydroxylation is 2. The molecule has 10 aromatic rings. The molecule has 10 nitrogen and oxygen atoms in total. The van der Waals surface area contributed by atoms with Crippen LogP contribution in [0, 0.1) is 13.8 Å². The third kappa shape index (κ3) is 16.3. The minimum absolute atomic E-state index is 0.370. The van der Waals surface area contributed by atoms with Gasteiger partial charge in [0.05, 0.1) is 45.9 Å². The molecule has 0 saturated heterocycles. The molecule has 0 spiro atoms. The first-order valence-corrected chi connectivity index (χ1v) is 31.1. The van der Waals surface area contributed by atoms with Gasteiger partial charge in [0.25, 0.3) is 0 Å². The molecule has 0 aliphatic carbocycles. The van der Waals surface area contributed by atoms with E-state index < -0.39 is 11.9 Å². The van der Waals surface area contributed by atoms with Crippen LogP contribution >= 0.6 is 69.4 Å². The van der Waals surface area contributed by atoms with Crippen molar-refractivity contribution in [2.45, 2.75) is 37.5 Å². The number of carboxylic acid groups (broad SMARTS) is 2. The molecule has 0 atom stereocenters. The summed E-state index contributed by atoms with van der Waals surface area (Å²) in [4.78, 5) is 26.1. The standard InChI is InChI=1S/C34H28Cl2O4S3.C34H30O6S/c1-3-39-28(20-41-26-12-13-27(21(2)18-26)40-19-33(37)38)34(24-8-4-22(5-9-24)29-14-16-31(35)42-29)25-10-6-23(7-11-25)30-15-17-32(36)43-30;1-3-37-32(22-41-28-16-17-29(23(2)20-28)40-21-33(35)36)34(26-12-8-24(9-13-26)30-6-4-18-38-30)27-14-10-25(11-15-27)31-7-5-19-39-31/h4-18H,3,19-20H2,1-2H3,(H,37,38);4-20H,3,21-22H2,1-2H3,(H,35,36). The molecule has 4 aromatic heterocycles. The van der Waals surface area contributed by atoms with E-state index >= 15 is 0 Å². The van der Waals surface area contributed by atoms with Crippen LogP contribution in [0.2, 0.25) is 8.67 Å². The fourth-order valence-corrected chi connectivity index (χ4v) is 13.0. The summed E-state index contributed by atoms with van der Waals surface area (Å²) in [5.41, 5.74) is 12.2. The van der Waals surface area contributed by atoms with E-state index in [1.807, 2.05) is 113 Å². The predicted octanol–water partition coefficient (Wildman–Crippen LogP) is 19.4. The number of rotatable bonds is 24. The SMILES string of the molecule is CCOC(CSc1ccc(OCC(=O)O)c(C)c1)=C(c1ccc(-c2ccc(Cl)s2)cc1)c1ccc(-c2ccc(Cl)s2)cc1.CCOC(CSc1ccc(OCC(=O)O)c(C)c1)=C(c1ccc(-c2ccco2)cc1)c1ccc(-c2ccco2)cc1. The van der Waals surface area contributed by atoms with Crippen LogP contribution in [0.4, 0.5) is 0 Å². The van der Waals surface area contributed by atoms with Gasteiger partial charge in [0, 0.05) is 41.8 Å². The van der Waals surface area contributed by atoms with Gasteiger partial charge in [0.2, 0.25) is 0 Å². The molecule has 0 unspecified atom stereocenters. The zero-order valence-electron chi connectivity index (χ0n) is 46.3. The van der Waals surface area contributed by atoms with Crippen LogP contribution in [0.25, 0.3) is 54.7 Å². The topological polar surface area (TPSA) is 138 Å². The summed E-state index contributed by atoms with van der Waals surface area (Å²) in [7, 11) is 0. The van der Waals surface area contributed by atoms with Gasteiger partial charge in [0.15, 0.2) is 13.2 Å². The molecule has 0 radical (unpaired) electrons. The molecule has 428 valence electrons. The van der Waals surface area contributed by atoms with Crippen molar-refractivity contribution in [3.63, 3.8) is 0 Å². The van der Waals surface area contributed by atoms with Crippen molar-refractivity contribution < 1.29 is 47.6 Å². The number of ether oxygens (including phenoxy) is 4. The van der Waals surface area contributed by atoms with E-state index in [1.54, 1.807) is 58.7 Å². The van der Waals surface area contributed by atoms with Crippen LogP contribution in [-0.4, -0.2) is 60.1 Å². The number of thioether (sulfide) groups is 2. The quantitative estimate of drug-likeness (QED) is 0.0440. The number of hydrogen-bond donors (Lipinski definition) is 2. The average Bonchev–Trinajstić information content (AvgIpc) is 4.50. The van der Waals surface area contributed by atoms with Crippen molar-refractivity contribution >= 4 is 92.5 Å². The van der Waals surface area contributed by atoms with Gasteiger partial charge >= 0.3 is 11.9 Å². The average molecular weight is 1230 g/mol. The summed E-state index contributed by atoms with van der Waals surface area (Å²) in [6.45, 7) is 8.11. The Morgan fingerprint density at radius 3 is 1.12 bits per heavy atom. The Bertz CT molecular complexity index is 3680. The van der Waals surface area contributed by atoms with Crippen LogP contribution in [0.15, 0.2) is 225 Å². The molecule has 2 N–H and O–H groups in total. The lowest BCUT2D eigenvalue weighted by Crippen LogP contribution is -2.10. The van der Waals surface area contributed by atoms with E-state index in [1.165, 1.54) is 0 Å². The van der Waals surface area contributed by atoms with Crippen LogP contribution in [0.1, 0.15) is 47.2 Å². The number of hydrogen-bond acceptors (Lipinski definition) is 12. The van der Waals surface area contributed by atoms with Gasteiger partial charge in [-0.2, -0.15) is 0 Å². The summed E-state index contributed by atoms with van der Waals surface area (Å²) < 4.78 is 36.1. The number of thiophene rings is 2. The number of carbonyl (C=O) groups is 2. The number of aliphatic carboxylic acids is 2. The van der Waals surface area contributed by atoms with Gasteiger partial charge in [-0.15, -0.1) is 46.2 Å². The Morgan fingerprint density at radius 1 is 0.476 bits per heavy atom. The Morgan fingerprint density at radius 2 is 0.833 bits per heavy atom. The van der Waals surface area contributed by atoms with Crippen molar-refractivity contribution in [1.82, 2.24) is 0 Å². The van der Waals surface area contributed by atoms with Crippen LogP contribution in [-0.2, 0) is 19.1 Å². The largest absolute Gasteiger partial charge is 0.497 e. The summed E-state index contributed by atoms with van der Waals surface area (Å²) in [6, 6.07) is 60.7. The van der Waals surface area contributed by atoms with Gasteiger partial charge in [-0.05, 0) is 157 Å². The molecule has 6 aromatic carbocycles. The highest BCUT2D eigenvalue weighted by Gasteiger charge is 2.19. The first-order valence-electron chi connectivity index (χ1n) is 26.7. The van der Waals surface area contributed by atoms with E-state index in [2.05, 4.69) is 97.1 Å². The molecular weight excluding hydrogens is 1180 g/mol. The molecule has 84 heavy (non-hydrogen) atoms. The lowest BCUT2D eigenvalue weighted by atomic mass is 9.94. The summed E-state index contributed by atoms with van der Waals surface area (Å²) in [5, 5.41) is 17.9. The molecular formula is C68H58Cl2O10S4. The van der Waals surface area contributed by atoms with Crippen molar-refractivity contribution in [1.29, 1.82) is 0 Å². The lowest BCUT2D eigenvalue weighted by molar-refractivity contribution is -0.140. The predicted molar refractivity (Wildman–Crippen MR) is 343 cm³/mol. The first kappa shape index (κ1) is 60.8. The molecule has 0 amide bonds. The smallest absolute Gasteiger partial charge is 0.341 e. The Labute approximate surface area is 514 Å². The lowest BCUT2D eigenvalue weighted by Gasteiger charge is -2.18. The third-order valence-corrected chi connectivity index (χ3v) is 17.5. The maximum Gasteiger partial charge on any atom is 0.341 e. The Hall–Kier alpha value is -7.82. The van der Waals surface area contributed by atoms with Crippen molar-refractivity contribution in [2.75, 3.05) is 37.9 Å². The van der Waals surface area contributed by atoms with Gasteiger partial charge in [-0.3, -0.25) is 0 Å². The Balaban J connectivity index is 0.000000202. The van der Waals surface area contributed by atoms with Gasteiger partial charge in [-0.1, -0.05) is 120 Å². The maximum absolute atomic E-state index is 10.9. The molecule has 0 fully saturated rings. The first-order chi connectivity index (χ1) is 40.8. The van der Waals surface area contributed by atoms with E-state index in [-0.39, 0.29) is 13.2 Å². The van der Waals surface area contributed by atoms with E-state index in [0.29, 0.717) is 36.2 Å². The van der Waals surface area contributed by atoms with E-state index in [0.717, 1.165) is 118 Å². The Kier molecular flexibility index (Phi) is 21.4. The van der Waals surface area contributed by atoms with E-state index in [4.69, 9.17) is 61.2 Å². The second-order valence-corrected chi connectivity index (χ2v) is 24.3. The molecule has 0 aliphatic heterocycles. The minimum Gasteiger partial charge on any atom is -0.497 e. The summed E-state index contributed by atoms with van der Waals surface area (Å²) in [5.74, 6) is 3.67. The molecule has 0 saturated carbocycles. The molecule has 4 heterocycles. The van der Waals surface area contributed by atoms with Crippen LogP contribution in [0.5, 0.6) is 11.5 Å². The highest BCUT2D eigenvalue weighted by atomic mass is 35.5. The minimum atomic E-state index is -1.00. The second kappa shape index (κ2) is 29.6. The van der Waals surface area contributed by atoms with Crippen LogP contribution in [0.3, 0.4) is 0 Å². The molecule has 0 bridgehead atoms. The number of furan rings is 2. The monoisotopic (exact) mass is 1230 g/mol. The zero-order chi connectivity index (χ0) is 59.0. The fraction of sp³-hybridized carbons (Fsp3) is 0.147. The number of carboxylic acids is 2. The van der Waals surface area contributed by atoms with Gasteiger partial charge in [0.1, 0.15) is 34.5 Å². The van der Waals surface area contributed by atoms with Crippen molar-refractivity contribution in [2.24, 2.45) is 0 Å². The third-order valence-electron chi connectivity index (χ3n) is 13.0. The maximum atomic E-state index is 10.9. The molecule has 16 heteroatoms. The molecule has 10 rings (SSSR count). The van der Waals surface area contributed by atoms with Gasteiger partial charge in [-0.25, -0.2) is 9.59 Å². The highest BCUT2D eigenvalue weighted by molar-refractivity contribution is 7.99. The van der Waals surface area contributed by atoms with Gasteiger partial charge < -0.3 is 38.0 Å². The van der Waals surface area contributed by atoms with Crippen molar-refractivity contribution in [3.05, 3.63) is 248 Å². The summed E-state index contributed by atoms with van der Waals surface area (Å²) in [6.07, 6.45) is 3.35. The van der Waals surface area contributed by atoms with Crippen LogP contribution < -0.4 is 9.47 Å². The van der Waals surface area contributed by atoms with E-state index in [9.17, 15) is 9.59 Å². The summed E-state index contributed by atoms with van der Waals surface area (Å²) >= 11 is 18.8. The number of benzene rings is 6. The second-order valence-electron chi connectivity index (χ2n) is 18.7. The normalized spacial score (nSPS) is 10.8. The number of halogens is 2.